The molecule has 134 valence electrons. The predicted molar refractivity (Wildman–Crippen MR) is 106 cm³/mol. The van der Waals surface area contributed by atoms with Crippen LogP contribution in [0.15, 0.2) is 64.6 Å². The third kappa shape index (κ3) is 4.16. The molecule has 3 aromatic rings. The van der Waals surface area contributed by atoms with Crippen LogP contribution in [-0.4, -0.2) is 19.1 Å². The maximum Gasteiger partial charge on any atom is 0.238 e. The summed E-state index contributed by atoms with van der Waals surface area (Å²) < 4.78 is 22.6. The molecule has 0 fully saturated rings. The summed E-state index contributed by atoms with van der Waals surface area (Å²) in [6, 6.07) is 16.1. The zero-order chi connectivity index (χ0) is 18.7. The number of hydrogen-bond donors (Lipinski definition) is 2. The number of nitrogens with zero attached hydrogens (tertiary/aromatic N) is 2. The van der Waals surface area contributed by atoms with Gasteiger partial charge in [0.15, 0.2) is 0 Å². The number of rotatable bonds is 5. The molecule has 0 bridgehead atoms. The Morgan fingerprint density at radius 1 is 1.12 bits per heavy atom. The first-order valence-corrected chi connectivity index (χ1v) is 10.2. The third-order valence-electron chi connectivity index (χ3n) is 3.68. The minimum Gasteiger partial charge on any atom is -0.278 e. The molecule has 1 heterocycles. The van der Waals surface area contributed by atoms with E-state index in [0.29, 0.717) is 5.69 Å². The Morgan fingerprint density at radius 2 is 1.77 bits per heavy atom. The van der Waals surface area contributed by atoms with Gasteiger partial charge in [0.05, 0.1) is 26.9 Å². The highest BCUT2D eigenvalue weighted by Crippen LogP contribution is 2.28. The number of nitrogens with one attached hydrogen (secondary N) is 1. The molecular formula is C18H18N4O2S2. The fraction of sp³-hybridized carbons (Fsp3) is 0.111. The number of sulfonamides is 1. The summed E-state index contributed by atoms with van der Waals surface area (Å²) in [5, 5.41) is 10.4. The number of hydrazone groups is 1. The zero-order valence-electron chi connectivity index (χ0n) is 14.3. The van der Waals surface area contributed by atoms with Crippen molar-refractivity contribution in [3.05, 3.63) is 65.2 Å². The van der Waals surface area contributed by atoms with Crippen LogP contribution < -0.4 is 10.6 Å². The zero-order valence-corrected chi connectivity index (χ0v) is 15.9. The van der Waals surface area contributed by atoms with Crippen LogP contribution in [0.5, 0.6) is 0 Å². The summed E-state index contributed by atoms with van der Waals surface area (Å²) in [6.07, 6.45) is 0. The molecule has 8 heteroatoms. The fourth-order valence-electron chi connectivity index (χ4n) is 2.35. The van der Waals surface area contributed by atoms with E-state index in [-0.39, 0.29) is 4.90 Å². The summed E-state index contributed by atoms with van der Waals surface area (Å²) >= 11 is 1.58. The average molecular weight is 387 g/mol. The van der Waals surface area contributed by atoms with E-state index in [1.54, 1.807) is 23.5 Å². The Kier molecular flexibility index (Phi) is 5.17. The second-order valence-corrected chi connectivity index (χ2v) is 8.24. The minimum atomic E-state index is -3.69. The Morgan fingerprint density at radius 3 is 2.38 bits per heavy atom. The molecule has 0 atom stereocenters. The predicted octanol–water partition coefficient (Wildman–Crippen LogP) is 3.60. The first kappa shape index (κ1) is 18.2. The van der Waals surface area contributed by atoms with Crippen LogP contribution in [0, 0.1) is 6.92 Å². The molecule has 2 aromatic carbocycles. The lowest BCUT2D eigenvalue weighted by atomic mass is 10.2. The topological polar surface area (TPSA) is 97.4 Å². The first-order valence-electron chi connectivity index (χ1n) is 7.81. The fourth-order valence-corrected chi connectivity index (χ4v) is 3.89. The molecule has 0 aliphatic heterocycles. The standard InChI is InChI=1S/C18H18N4O2S2/c1-12-17(25-18(20-12)14-6-4-3-5-7-14)13(2)21-22-15-8-10-16(11-9-15)26(19,23)24/h3-11,22H,1-2H3,(H2,19,23,24)/b21-13+. The van der Waals surface area contributed by atoms with Crippen molar-refractivity contribution >= 4 is 32.8 Å². The third-order valence-corrected chi connectivity index (χ3v) is 5.93. The second kappa shape index (κ2) is 7.36. The molecule has 0 aliphatic carbocycles. The van der Waals surface area contributed by atoms with Crippen molar-refractivity contribution in [1.82, 2.24) is 4.98 Å². The van der Waals surface area contributed by atoms with Crippen molar-refractivity contribution in [3.63, 3.8) is 0 Å². The normalized spacial score (nSPS) is 12.2. The van der Waals surface area contributed by atoms with Gasteiger partial charge in [-0.15, -0.1) is 11.3 Å². The lowest BCUT2D eigenvalue weighted by Crippen LogP contribution is -2.11. The van der Waals surface area contributed by atoms with Gasteiger partial charge in [-0.25, -0.2) is 18.5 Å². The lowest BCUT2D eigenvalue weighted by molar-refractivity contribution is 0.598. The van der Waals surface area contributed by atoms with Gasteiger partial charge in [0.1, 0.15) is 5.01 Å². The van der Waals surface area contributed by atoms with Crippen molar-refractivity contribution in [2.75, 3.05) is 5.43 Å². The number of aromatic nitrogens is 1. The SMILES string of the molecule is C/C(=N\Nc1ccc(S(N)(=O)=O)cc1)c1sc(-c2ccccc2)nc1C. The van der Waals surface area contributed by atoms with Gasteiger partial charge >= 0.3 is 0 Å². The van der Waals surface area contributed by atoms with E-state index in [4.69, 9.17) is 5.14 Å². The van der Waals surface area contributed by atoms with E-state index in [9.17, 15) is 8.42 Å². The van der Waals surface area contributed by atoms with E-state index < -0.39 is 10.0 Å². The van der Waals surface area contributed by atoms with Crippen molar-refractivity contribution < 1.29 is 8.42 Å². The number of benzene rings is 2. The number of anilines is 1. The summed E-state index contributed by atoms with van der Waals surface area (Å²) in [4.78, 5) is 5.69. The lowest BCUT2D eigenvalue weighted by Gasteiger charge is -2.04. The first-order chi connectivity index (χ1) is 12.3. The second-order valence-electron chi connectivity index (χ2n) is 5.68. The maximum atomic E-state index is 11.3. The Balaban J connectivity index is 1.79. The van der Waals surface area contributed by atoms with Crippen molar-refractivity contribution in [2.45, 2.75) is 18.7 Å². The maximum absolute atomic E-state index is 11.3. The molecule has 0 unspecified atom stereocenters. The molecule has 0 spiro atoms. The van der Waals surface area contributed by atoms with Crippen LogP contribution in [-0.2, 0) is 10.0 Å². The summed E-state index contributed by atoms with van der Waals surface area (Å²) in [5.74, 6) is 0. The molecule has 6 nitrogen and oxygen atoms in total. The molecule has 26 heavy (non-hydrogen) atoms. The summed E-state index contributed by atoms with van der Waals surface area (Å²) in [6.45, 7) is 3.86. The van der Waals surface area contributed by atoms with Gasteiger partial charge in [0, 0.05) is 5.56 Å². The van der Waals surface area contributed by atoms with Gasteiger partial charge in [-0.1, -0.05) is 30.3 Å². The Bertz CT molecular complexity index is 1040. The van der Waals surface area contributed by atoms with Gasteiger partial charge < -0.3 is 0 Å². The molecule has 0 saturated heterocycles. The van der Waals surface area contributed by atoms with Crippen LogP contribution in [0.25, 0.3) is 10.6 Å². The van der Waals surface area contributed by atoms with Crippen molar-refractivity contribution in [2.24, 2.45) is 10.2 Å². The summed E-state index contributed by atoms with van der Waals surface area (Å²) in [5.41, 5.74) is 6.39. The number of hydrogen-bond acceptors (Lipinski definition) is 6. The summed E-state index contributed by atoms with van der Waals surface area (Å²) in [7, 11) is -3.69. The highest BCUT2D eigenvalue weighted by Gasteiger charge is 2.12. The Hall–Kier alpha value is -2.55. The average Bonchev–Trinajstić information content (AvgIpc) is 3.02. The number of aryl methyl sites for hydroxylation is 1. The Labute approximate surface area is 156 Å². The van der Waals surface area contributed by atoms with E-state index >= 15 is 0 Å². The van der Waals surface area contributed by atoms with Gasteiger partial charge in [0.25, 0.3) is 0 Å². The minimum absolute atomic E-state index is 0.0644. The molecule has 3 rings (SSSR count). The smallest absolute Gasteiger partial charge is 0.238 e. The largest absolute Gasteiger partial charge is 0.278 e. The van der Waals surface area contributed by atoms with E-state index in [0.717, 1.165) is 26.9 Å². The van der Waals surface area contributed by atoms with Gasteiger partial charge in [0.2, 0.25) is 10.0 Å². The van der Waals surface area contributed by atoms with Gasteiger partial charge in [-0.3, -0.25) is 5.43 Å². The monoisotopic (exact) mass is 386 g/mol. The van der Waals surface area contributed by atoms with Crippen molar-refractivity contribution in [1.29, 1.82) is 0 Å². The molecular weight excluding hydrogens is 368 g/mol. The molecule has 0 radical (unpaired) electrons. The van der Waals surface area contributed by atoms with Crippen LogP contribution >= 0.6 is 11.3 Å². The van der Waals surface area contributed by atoms with Crippen LogP contribution in [0.2, 0.25) is 0 Å². The van der Waals surface area contributed by atoms with Gasteiger partial charge in [-0.05, 0) is 38.1 Å². The van der Waals surface area contributed by atoms with E-state index in [1.165, 1.54) is 12.1 Å². The van der Waals surface area contributed by atoms with Crippen LogP contribution in [0.3, 0.4) is 0 Å². The highest BCUT2D eigenvalue weighted by atomic mass is 32.2. The number of primary sulfonamides is 1. The van der Waals surface area contributed by atoms with Crippen LogP contribution in [0.1, 0.15) is 17.5 Å². The number of nitrogens with two attached hydrogens (primary N) is 1. The van der Waals surface area contributed by atoms with E-state index in [1.807, 2.05) is 44.2 Å². The molecule has 3 N–H and O–H groups in total. The quantitative estimate of drug-likeness (QED) is 0.517. The molecule has 0 saturated carbocycles. The van der Waals surface area contributed by atoms with Crippen LogP contribution in [0.4, 0.5) is 5.69 Å². The van der Waals surface area contributed by atoms with Crippen molar-refractivity contribution in [3.8, 4) is 10.6 Å². The van der Waals surface area contributed by atoms with Gasteiger partial charge in [-0.2, -0.15) is 5.10 Å². The van der Waals surface area contributed by atoms with E-state index in [2.05, 4.69) is 15.5 Å². The molecule has 1 aromatic heterocycles. The molecule has 0 amide bonds. The number of thiazole rings is 1. The molecule has 0 aliphatic rings. The highest BCUT2D eigenvalue weighted by molar-refractivity contribution is 7.89.